The van der Waals surface area contributed by atoms with Gasteiger partial charge in [-0.1, -0.05) is 39.2 Å². The zero-order valence-corrected chi connectivity index (χ0v) is 11.1. The maximum Gasteiger partial charge on any atom is 0.0766 e. The second kappa shape index (κ2) is 14.2. The van der Waals surface area contributed by atoms with Crippen LogP contribution in [0.3, 0.4) is 0 Å². The Kier molecular flexibility index (Phi) is 15.6. The van der Waals surface area contributed by atoms with Crippen molar-refractivity contribution in [2.75, 3.05) is 20.6 Å². The van der Waals surface area contributed by atoms with Gasteiger partial charge in [0.15, 0.2) is 0 Å². The monoisotopic (exact) mass is 229 g/mol. The van der Waals surface area contributed by atoms with E-state index in [-0.39, 0.29) is 0 Å². The Morgan fingerprint density at radius 1 is 1.19 bits per heavy atom. The van der Waals surface area contributed by atoms with E-state index in [0.717, 1.165) is 6.08 Å². The molecule has 0 radical (unpaired) electrons. The smallest absolute Gasteiger partial charge is 0.0766 e. The number of hydrogen-bond acceptors (Lipinski definition) is 2. The summed E-state index contributed by atoms with van der Waals surface area (Å²) in [5.41, 5.74) is 0. The largest absolute Gasteiger partial charge is 0.545 e. The van der Waals surface area contributed by atoms with Gasteiger partial charge >= 0.3 is 0 Å². The quantitative estimate of drug-likeness (QED) is 0.484. The summed E-state index contributed by atoms with van der Waals surface area (Å²) in [4.78, 5) is 10.7. The predicted octanol–water partition coefficient (Wildman–Crippen LogP) is 0.414. The predicted molar refractivity (Wildman–Crippen MR) is 66.3 cm³/mol. The molecule has 3 heteroatoms. The van der Waals surface area contributed by atoms with Crippen molar-refractivity contribution in [3.8, 4) is 0 Å². The standard InChI is InChI=1S/C10H23N.C3H4O2/c1-4-5-6-7-8-9-10-11(2)3;1-2-3(4)5/h4-10H2,1-3H3;2H,1H2,(H,4,5). The van der Waals surface area contributed by atoms with E-state index in [4.69, 9.17) is 9.90 Å². The van der Waals surface area contributed by atoms with E-state index in [9.17, 15) is 0 Å². The summed E-state index contributed by atoms with van der Waals surface area (Å²) in [5, 5.41) is 9.14. The van der Waals surface area contributed by atoms with E-state index in [1.807, 2.05) is 0 Å². The summed E-state index contributed by atoms with van der Waals surface area (Å²) < 4.78 is 0. The summed E-state index contributed by atoms with van der Waals surface area (Å²) in [7, 11) is 4.46. The van der Waals surface area contributed by atoms with Crippen molar-refractivity contribution in [1.82, 2.24) is 0 Å². The van der Waals surface area contributed by atoms with Crippen LogP contribution in [0, 0.1) is 0 Å². The van der Waals surface area contributed by atoms with Crippen LogP contribution in [0.25, 0.3) is 0 Å². The molecule has 3 nitrogen and oxygen atoms in total. The minimum absolute atomic E-state index is 0.722. The van der Waals surface area contributed by atoms with Crippen LogP contribution >= 0.6 is 0 Å². The Morgan fingerprint density at radius 3 is 2.00 bits per heavy atom. The Labute approximate surface area is 100 Å². The van der Waals surface area contributed by atoms with Gasteiger partial charge in [0.2, 0.25) is 0 Å². The third kappa shape index (κ3) is 23.2. The van der Waals surface area contributed by atoms with Gasteiger partial charge in [-0.2, -0.15) is 0 Å². The molecule has 16 heavy (non-hydrogen) atoms. The molecule has 0 saturated heterocycles. The van der Waals surface area contributed by atoms with Crippen molar-refractivity contribution >= 4 is 5.97 Å². The lowest BCUT2D eigenvalue weighted by Crippen LogP contribution is -3.05. The fourth-order valence-corrected chi connectivity index (χ4v) is 1.26. The molecule has 0 bridgehead atoms. The third-order valence-electron chi connectivity index (χ3n) is 2.20. The van der Waals surface area contributed by atoms with Gasteiger partial charge in [-0.05, 0) is 18.9 Å². The van der Waals surface area contributed by atoms with Crippen molar-refractivity contribution in [2.45, 2.75) is 45.4 Å². The second-order valence-corrected chi connectivity index (χ2v) is 4.25. The number of carbonyl (C=O) groups is 1. The van der Waals surface area contributed by atoms with Gasteiger partial charge in [-0.25, -0.2) is 0 Å². The number of nitrogens with one attached hydrogen (secondary N) is 1. The number of rotatable bonds is 8. The third-order valence-corrected chi connectivity index (χ3v) is 2.20. The molecule has 0 amide bonds. The van der Waals surface area contributed by atoms with E-state index in [0.29, 0.717) is 0 Å². The van der Waals surface area contributed by atoms with Crippen molar-refractivity contribution < 1.29 is 14.8 Å². The maximum atomic E-state index is 9.14. The molecule has 0 atom stereocenters. The molecule has 0 aliphatic heterocycles. The van der Waals surface area contributed by atoms with Crippen LogP contribution in [0.5, 0.6) is 0 Å². The van der Waals surface area contributed by atoms with Gasteiger partial charge in [0.1, 0.15) is 0 Å². The number of unbranched alkanes of at least 4 members (excludes halogenated alkanes) is 5. The highest BCUT2D eigenvalue weighted by atomic mass is 16.4. The molecule has 0 fully saturated rings. The highest BCUT2D eigenvalue weighted by Gasteiger charge is 1.93. The molecule has 0 aromatic rings. The molecule has 0 unspecified atom stereocenters. The summed E-state index contributed by atoms with van der Waals surface area (Å²) in [6.45, 7) is 6.51. The molecular formula is C13H27NO2. The zero-order valence-electron chi connectivity index (χ0n) is 11.1. The Hall–Kier alpha value is -0.830. The molecule has 96 valence electrons. The molecule has 0 aliphatic rings. The molecule has 0 saturated carbocycles. The fraction of sp³-hybridized carbons (Fsp3) is 0.769. The first-order valence-electron chi connectivity index (χ1n) is 6.17. The van der Waals surface area contributed by atoms with Crippen molar-refractivity contribution in [1.29, 1.82) is 0 Å². The van der Waals surface area contributed by atoms with Crippen LogP contribution in [-0.4, -0.2) is 26.6 Å². The van der Waals surface area contributed by atoms with Crippen molar-refractivity contribution in [3.63, 3.8) is 0 Å². The van der Waals surface area contributed by atoms with Crippen molar-refractivity contribution in [3.05, 3.63) is 12.7 Å². The number of carboxylic acid groups (broad SMARTS) is 1. The Morgan fingerprint density at radius 2 is 1.62 bits per heavy atom. The van der Waals surface area contributed by atoms with Gasteiger partial charge in [-0.3, -0.25) is 0 Å². The lowest BCUT2D eigenvalue weighted by Gasteiger charge is -2.05. The molecule has 0 aliphatic carbocycles. The molecule has 0 aromatic carbocycles. The van der Waals surface area contributed by atoms with Crippen LogP contribution in [0.15, 0.2) is 12.7 Å². The van der Waals surface area contributed by atoms with Crippen LogP contribution in [-0.2, 0) is 4.79 Å². The van der Waals surface area contributed by atoms with E-state index < -0.39 is 5.97 Å². The fourth-order valence-electron chi connectivity index (χ4n) is 1.26. The van der Waals surface area contributed by atoms with Crippen LogP contribution < -0.4 is 10.0 Å². The SMILES string of the molecule is C=CC(=O)[O-].CCCCCCCC[NH+](C)C. The zero-order chi connectivity index (χ0) is 12.8. The number of carbonyl (C=O) groups excluding carboxylic acids is 1. The van der Waals surface area contributed by atoms with E-state index in [1.165, 1.54) is 45.1 Å². The molecule has 0 spiro atoms. The molecule has 0 aromatic heterocycles. The summed E-state index contributed by atoms with van der Waals surface area (Å²) in [5.74, 6) is -1.23. The molecule has 0 heterocycles. The second-order valence-electron chi connectivity index (χ2n) is 4.25. The van der Waals surface area contributed by atoms with Crippen LogP contribution in [0.4, 0.5) is 0 Å². The minimum Gasteiger partial charge on any atom is -0.545 e. The lowest BCUT2D eigenvalue weighted by atomic mass is 10.1. The highest BCUT2D eigenvalue weighted by molar-refractivity contribution is 5.76. The van der Waals surface area contributed by atoms with Crippen LogP contribution in [0.2, 0.25) is 0 Å². The highest BCUT2D eigenvalue weighted by Crippen LogP contribution is 2.03. The number of carboxylic acids is 1. The van der Waals surface area contributed by atoms with Gasteiger partial charge in [-0.15, -0.1) is 0 Å². The van der Waals surface area contributed by atoms with E-state index in [2.05, 4.69) is 27.6 Å². The average Bonchev–Trinajstić information content (AvgIpc) is 2.23. The first kappa shape index (κ1) is 17.6. The van der Waals surface area contributed by atoms with Gasteiger partial charge in [0, 0.05) is 0 Å². The number of aliphatic carboxylic acids is 1. The number of quaternary nitrogens is 1. The normalized spacial score (nSPS) is 9.50. The van der Waals surface area contributed by atoms with Gasteiger partial charge in [0.25, 0.3) is 0 Å². The van der Waals surface area contributed by atoms with Gasteiger partial charge < -0.3 is 14.8 Å². The van der Waals surface area contributed by atoms with Gasteiger partial charge in [0.05, 0.1) is 26.6 Å². The average molecular weight is 229 g/mol. The summed E-state index contributed by atoms with van der Waals surface area (Å²) in [6, 6.07) is 0. The molecular weight excluding hydrogens is 202 g/mol. The Bertz CT molecular complexity index is 167. The first-order valence-corrected chi connectivity index (χ1v) is 6.17. The maximum absolute atomic E-state index is 9.14. The molecule has 0 rings (SSSR count). The molecule has 1 N–H and O–H groups in total. The lowest BCUT2D eigenvalue weighted by molar-refractivity contribution is -0.858. The summed E-state index contributed by atoms with van der Waals surface area (Å²) in [6.07, 6.45) is 9.24. The van der Waals surface area contributed by atoms with Crippen LogP contribution in [0.1, 0.15) is 45.4 Å². The van der Waals surface area contributed by atoms with E-state index >= 15 is 0 Å². The van der Waals surface area contributed by atoms with E-state index in [1.54, 1.807) is 4.90 Å². The first-order chi connectivity index (χ1) is 7.54. The Balaban J connectivity index is 0. The summed E-state index contributed by atoms with van der Waals surface area (Å²) >= 11 is 0. The van der Waals surface area contributed by atoms with Crippen molar-refractivity contribution in [2.24, 2.45) is 0 Å². The minimum atomic E-state index is -1.23. The number of hydrogen-bond donors (Lipinski definition) is 1. The topological polar surface area (TPSA) is 44.6 Å².